The van der Waals surface area contributed by atoms with Gasteiger partial charge in [0.25, 0.3) is 15.9 Å². The van der Waals surface area contributed by atoms with Crippen LogP contribution in [0, 0.1) is 5.82 Å². The number of halogens is 1. The first-order valence-corrected chi connectivity index (χ1v) is 7.27. The first kappa shape index (κ1) is 14.8. The highest BCUT2D eigenvalue weighted by atomic mass is 32.2. The molecule has 0 fully saturated rings. The highest BCUT2D eigenvalue weighted by molar-refractivity contribution is 7.92. The summed E-state index contributed by atoms with van der Waals surface area (Å²) >= 11 is 0. The number of nitrogens with one attached hydrogen (secondary N) is 1. The molecule has 0 aromatic heterocycles. The third kappa shape index (κ3) is 2.95. The number of hydrogen-bond acceptors (Lipinski definition) is 4. The number of nitrogens with two attached hydrogens (primary N) is 2. The van der Waals surface area contributed by atoms with E-state index in [2.05, 4.69) is 4.72 Å². The van der Waals surface area contributed by atoms with Gasteiger partial charge in [-0.3, -0.25) is 9.52 Å². The highest BCUT2D eigenvalue weighted by Gasteiger charge is 2.21. The molecular formula is C13H12FN3O3S. The van der Waals surface area contributed by atoms with Gasteiger partial charge in [-0.05, 0) is 24.3 Å². The SMILES string of the molecule is NC(=O)c1ccccc1NS(=O)(=O)c1cccc(F)c1N. The zero-order valence-corrected chi connectivity index (χ0v) is 11.5. The van der Waals surface area contributed by atoms with Crippen LogP contribution in [0.25, 0.3) is 0 Å². The zero-order valence-electron chi connectivity index (χ0n) is 10.7. The van der Waals surface area contributed by atoms with Crippen LogP contribution in [0.2, 0.25) is 0 Å². The zero-order chi connectivity index (χ0) is 15.6. The highest BCUT2D eigenvalue weighted by Crippen LogP contribution is 2.25. The predicted octanol–water partition coefficient (Wildman–Crippen LogP) is 1.31. The van der Waals surface area contributed by atoms with E-state index in [0.717, 1.165) is 12.1 Å². The number of nitrogen functional groups attached to an aromatic ring is 1. The maximum absolute atomic E-state index is 13.4. The monoisotopic (exact) mass is 309 g/mol. The van der Waals surface area contributed by atoms with Crippen LogP contribution in [0.1, 0.15) is 10.4 Å². The van der Waals surface area contributed by atoms with E-state index in [1.165, 1.54) is 30.3 Å². The molecule has 0 aliphatic rings. The minimum Gasteiger partial charge on any atom is -0.395 e. The van der Waals surface area contributed by atoms with Crippen LogP contribution < -0.4 is 16.2 Å². The molecule has 0 heterocycles. The normalized spacial score (nSPS) is 11.1. The second-order valence-electron chi connectivity index (χ2n) is 4.17. The van der Waals surface area contributed by atoms with Crippen LogP contribution in [0.15, 0.2) is 47.4 Å². The van der Waals surface area contributed by atoms with Crippen molar-refractivity contribution >= 4 is 27.3 Å². The topological polar surface area (TPSA) is 115 Å². The molecule has 0 atom stereocenters. The van der Waals surface area contributed by atoms with Gasteiger partial charge in [-0.15, -0.1) is 0 Å². The van der Waals surface area contributed by atoms with E-state index in [1.54, 1.807) is 0 Å². The van der Waals surface area contributed by atoms with Crippen LogP contribution >= 0.6 is 0 Å². The van der Waals surface area contributed by atoms with E-state index >= 15 is 0 Å². The summed E-state index contributed by atoms with van der Waals surface area (Å²) in [6, 6.07) is 9.23. The maximum atomic E-state index is 13.4. The van der Waals surface area contributed by atoms with E-state index in [1.807, 2.05) is 0 Å². The van der Waals surface area contributed by atoms with E-state index in [0.29, 0.717) is 0 Å². The summed E-state index contributed by atoms with van der Waals surface area (Å²) in [7, 11) is -4.15. The van der Waals surface area contributed by atoms with E-state index < -0.39 is 32.3 Å². The maximum Gasteiger partial charge on any atom is 0.264 e. The quantitative estimate of drug-likeness (QED) is 0.738. The van der Waals surface area contributed by atoms with Gasteiger partial charge < -0.3 is 11.5 Å². The number of amides is 1. The summed E-state index contributed by atoms with van der Waals surface area (Å²) in [5.74, 6) is -1.64. The van der Waals surface area contributed by atoms with Crippen molar-refractivity contribution in [3.05, 3.63) is 53.8 Å². The molecule has 110 valence electrons. The number of hydrogen-bond donors (Lipinski definition) is 3. The predicted molar refractivity (Wildman–Crippen MR) is 76.6 cm³/mol. The summed E-state index contributed by atoms with van der Waals surface area (Å²) in [5, 5.41) is 0. The van der Waals surface area contributed by atoms with Crippen molar-refractivity contribution in [1.82, 2.24) is 0 Å². The van der Waals surface area contributed by atoms with Crippen LogP contribution in [-0.2, 0) is 10.0 Å². The van der Waals surface area contributed by atoms with Crippen molar-refractivity contribution in [2.45, 2.75) is 4.90 Å². The van der Waals surface area contributed by atoms with Gasteiger partial charge in [-0.2, -0.15) is 0 Å². The van der Waals surface area contributed by atoms with Crippen molar-refractivity contribution in [3.63, 3.8) is 0 Å². The largest absolute Gasteiger partial charge is 0.395 e. The summed E-state index contributed by atoms with van der Waals surface area (Å²) in [5.41, 5.74) is 10.1. The fourth-order valence-corrected chi connectivity index (χ4v) is 2.96. The number of para-hydroxylation sites is 2. The van der Waals surface area contributed by atoms with Crippen LogP contribution in [-0.4, -0.2) is 14.3 Å². The number of carbonyl (C=O) groups excluding carboxylic acids is 1. The Balaban J connectivity index is 2.48. The van der Waals surface area contributed by atoms with Gasteiger partial charge in [0.15, 0.2) is 0 Å². The molecule has 0 saturated carbocycles. The van der Waals surface area contributed by atoms with Crippen LogP contribution in [0.4, 0.5) is 15.8 Å². The number of benzene rings is 2. The van der Waals surface area contributed by atoms with Crippen molar-refractivity contribution in [2.24, 2.45) is 5.73 Å². The lowest BCUT2D eigenvalue weighted by Gasteiger charge is -2.12. The molecule has 2 rings (SSSR count). The van der Waals surface area contributed by atoms with Gasteiger partial charge >= 0.3 is 0 Å². The first-order valence-electron chi connectivity index (χ1n) is 5.78. The third-order valence-corrected chi connectivity index (χ3v) is 4.16. The van der Waals surface area contributed by atoms with Gasteiger partial charge in [-0.1, -0.05) is 18.2 Å². The molecule has 0 bridgehead atoms. The molecule has 0 aliphatic carbocycles. The summed E-state index contributed by atoms with van der Waals surface area (Å²) in [6.07, 6.45) is 0. The third-order valence-electron chi connectivity index (χ3n) is 2.74. The lowest BCUT2D eigenvalue weighted by molar-refractivity contribution is 0.100. The van der Waals surface area contributed by atoms with Gasteiger partial charge in [-0.25, -0.2) is 12.8 Å². The first-order chi connectivity index (χ1) is 9.83. The molecule has 2 aromatic carbocycles. The molecule has 0 radical (unpaired) electrons. The molecule has 6 nitrogen and oxygen atoms in total. The number of sulfonamides is 1. The lowest BCUT2D eigenvalue weighted by atomic mass is 10.2. The average Bonchev–Trinajstić information content (AvgIpc) is 2.41. The molecule has 0 aliphatic heterocycles. The summed E-state index contributed by atoms with van der Waals surface area (Å²) in [4.78, 5) is 10.9. The average molecular weight is 309 g/mol. The minimum atomic E-state index is -4.15. The molecule has 2 aromatic rings. The van der Waals surface area contributed by atoms with E-state index in [9.17, 15) is 17.6 Å². The number of carbonyl (C=O) groups is 1. The lowest BCUT2D eigenvalue weighted by Crippen LogP contribution is -2.19. The van der Waals surface area contributed by atoms with Crippen molar-refractivity contribution in [1.29, 1.82) is 0 Å². The molecule has 0 unspecified atom stereocenters. The Hall–Kier alpha value is -2.61. The second-order valence-corrected chi connectivity index (χ2v) is 5.82. The van der Waals surface area contributed by atoms with Crippen LogP contribution in [0.5, 0.6) is 0 Å². The molecule has 8 heteroatoms. The Morgan fingerprint density at radius 1 is 1.10 bits per heavy atom. The molecular weight excluding hydrogens is 297 g/mol. The van der Waals surface area contributed by atoms with Gasteiger partial charge in [0, 0.05) is 0 Å². The molecule has 0 spiro atoms. The van der Waals surface area contributed by atoms with Crippen molar-refractivity contribution in [2.75, 3.05) is 10.5 Å². The van der Waals surface area contributed by atoms with E-state index in [-0.39, 0.29) is 11.3 Å². The number of rotatable bonds is 4. The van der Waals surface area contributed by atoms with Crippen molar-refractivity contribution < 1.29 is 17.6 Å². The smallest absolute Gasteiger partial charge is 0.264 e. The fourth-order valence-electron chi connectivity index (χ4n) is 1.74. The number of anilines is 2. The Bertz CT molecular complexity index is 806. The second kappa shape index (κ2) is 5.41. The van der Waals surface area contributed by atoms with Crippen molar-refractivity contribution in [3.8, 4) is 0 Å². The Kier molecular flexibility index (Phi) is 3.81. The molecule has 5 N–H and O–H groups in total. The number of primary amides is 1. The van der Waals surface area contributed by atoms with Gasteiger partial charge in [0.05, 0.1) is 16.9 Å². The van der Waals surface area contributed by atoms with Gasteiger partial charge in [0.2, 0.25) is 0 Å². The summed E-state index contributed by atoms with van der Waals surface area (Å²) in [6.45, 7) is 0. The molecule has 0 saturated heterocycles. The standard InChI is InChI=1S/C13H12FN3O3S/c14-9-5-3-7-11(12(9)15)21(19,20)17-10-6-2-1-4-8(10)13(16)18/h1-7,17H,15H2,(H2,16,18). The Morgan fingerprint density at radius 3 is 2.43 bits per heavy atom. The minimum absolute atomic E-state index is 0.00366. The Labute approximate surface area is 120 Å². The molecule has 1 amide bonds. The Morgan fingerprint density at radius 2 is 1.76 bits per heavy atom. The molecule has 21 heavy (non-hydrogen) atoms. The fraction of sp³-hybridized carbons (Fsp3) is 0. The summed E-state index contributed by atoms with van der Waals surface area (Å²) < 4.78 is 40.0. The van der Waals surface area contributed by atoms with Crippen LogP contribution in [0.3, 0.4) is 0 Å². The van der Waals surface area contributed by atoms with E-state index in [4.69, 9.17) is 11.5 Å². The van der Waals surface area contributed by atoms with Gasteiger partial charge in [0.1, 0.15) is 10.7 Å².